The van der Waals surface area contributed by atoms with E-state index < -0.39 is 28.8 Å². The van der Waals surface area contributed by atoms with Crippen molar-refractivity contribution in [1.82, 2.24) is 4.90 Å². The fourth-order valence-corrected chi connectivity index (χ4v) is 3.66. The number of amides is 1. The summed E-state index contributed by atoms with van der Waals surface area (Å²) in [5.41, 5.74) is -2.24. The summed E-state index contributed by atoms with van der Waals surface area (Å²) in [4.78, 5) is 16.6. The van der Waals surface area contributed by atoms with Gasteiger partial charge >= 0.3 is 6.18 Å². The molecule has 0 radical (unpaired) electrons. The molecule has 3 rings (SSSR count). The van der Waals surface area contributed by atoms with Crippen LogP contribution in [0.3, 0.4) is 0 Å². The number of piperazine rings is 1. The van der Waals surface area contributed by atoms with Crippen molar-refractivity contribution < 1.29 is 23.1 Å². The van der Waals surface area contributed by atoms with Crippen LogP contribution >= 0.6 is 0 Å². The quantitative estimate of drug-likeness (QED) is 0.716. The highest BCUT2D eigenvalue weighted by atomic mass is 19.4. The van der Waals surface area contributed by atoms with E-state index in [4.69, 9.17) is 10.5 Å². The van der Waals surface area contributed by atoms with E-state index in [0.717, 1.165) is 11.8 Å². The van der Waals surface area contributed by atoms with Crippen molar-refractivity contribution >= 4 is 17.3 Å². The number of anilines is 2. The SMILES string of the molecule is CC(O)(CN1CCN(c2cccc(C#N)c2)CC1)C(=O)Nc1ccc(C#N)c(C(F)(F)F)c1. The summed E-state index contributed by atoms with van der Waals surface area (Å²) in [6.07, 6.45) is -4.75. The molecular formula is C23H22F3N5O2. The first-order valence-electron chi connectivity index (χ1n) is 10.2. The van der Waals surface area contributed by atoms with Crippen LogP contribution < -0.4 is 10.2 Å². The molecule has 1 aliphatic rings. The van der Waals surface area contributed by atoms with E-state index in [1.165, 1.54) is 19.1 Å². The number of nitrogens with zero attached hydrogens (tertiary/aromatic N) is 4. The van der Waals surface area contributed by atoms with Gasteiger partial charge in [0.25, 0.3) is 5.91 Å². The summed E-state index contributed by atoms with van der Waals surface area (Å²) < 4.78 is 39.5. The second kappa shape index (κ2) is 9.49. The minimum Gasteiger partial charge on any atom is -0.379 e. The molecule has 2 N–H and O–H groups in total. The molecule has 0 saturated carbocycles. The number of hydrogen-bond acceptors (Lipinski definition) is 6. The molecule has 1 aliphatic heterocycles. The standard InChI is InChI=1S/C23H22F3N5O2/c1-22(33,21(32)29-18-6-5-17(14-28)20(12-18)23(24,25)26)15-30-7-9-31(10-8-30)19-4-2-3-16(11-19)13-27/h2-6,11-12,33H,7-10,15H2,1H3,(H,29,32). The Morgan fingerprint density at radius 2 is 1.79 bits per heavy atom. The molecule has 1 heterocycles. The van der Waals surface area contributed by atoms with Gasteiger partial charge in [-0.2, -0.15) is 23.7 Å². The van der Waals surface area contributed by atoms with E-state index in [1.54, 1.807) is 12.1 Å². The number of carbonyl (C=O) groups is 1. The number of rotatable bonds is 5. The fourth-order valence-electron chi connectivity index (χ4n) is 3.66. The van der Waals surface area contributed by atoms with E-state index in [-0.39, 0.29) is 12.2 Å². The molecule has 1 unspecified atom stereocenters. The lowest BCUT2D eigenvalue weighted by molar-refractivity contribution is -0.138. The Balaban J connectivity index is 1.61. The first-order valence-corrected chi connectivity index (χ1v) is 10.2. The Morgan fingerprint density at radius 1 is 1.09 bits per heavy atom. The first kappa shape index (κ1) is 24.1. The summed E-state index contributed by atoms with van der Waals surface area (Å²) in [6, 6.07) is 13.7. The number of hydrogen-bond donors (Lipinski definition) is 2. The van der Waals surface area contributed by atoms with Gasteiger partial charge in [0.2, 0.25) is 0 Å². The zero-order valence-corrected chi connectivity index (χ0v) is 17.9. The van der Waals surface area contributed by atoms with E-state index in [2.05, 4.69) is 16.3 Å². The first-order chi connectivity index (χ1) is 15.5. The molecule has 1 atom stereocenters. The highest BCUT2D eigenvalue weighted by Gasteiger charge is 2.36. The third kappa shape index (κ3) is 5.80. The number of alkyl halides is 3. The van der Waals surface area contributed by atoms with Crippen molar-refractivity contribution in [3.05, 3.63) is 59.2 Å². The van der Waals surface area contributed by atoms with Gasteiger partial charge in [0.05, 0.1) is 28.8 Å². The highest BCUT2D eigenvalue weighted by Crippen LogP contribution is 2.33. The van der Waals surface area contributed by atoms with Gasteiger partial charge < -0.3 is 15.3 Å². The molecule has 33 heavy (non-hydrogen) atoms. The maximum Gasteiger partial charge on any atom is 0.417 e. The van der Waals surface area contributed by atoms with E-state index in [9.17, 15) is 23.1 Å². The monoisotopic (exact) mass is 457 g/mol. The number of aliphatic hydroxyl groups is 1. The zero-order valence-electron chi connectivity index (χ0n) is 17.9. The third-order valence-electron chi connectivity index (χ3n) is 5.44. The third-order valence-corrected chi connectivity index (χ3v) is 5.44. The van der Waals surface area contributed by atoms with Crippen LogP contribution in [-0.4, -0.2) is 54.2 Å². The molecule has 10 heteroatoms. The van der Waals surface area contributed by atoms with E-state index in [1.807, 2.05) is 17.0 Å². The van der Waals surface area contributed by atoms with Gasteiger partial charge in [-0.25, -0.2) is 0 Å². The van der Waals surface area contributed by atoms with Crippen LogP contribution in [0, 0.1) is 22.7 Å². The lowest BCUT2D eigenvalue weighted by Crippen LogP contribution is -2.54. The molecule has 1 saturated heterocycles. The van der Waals surface area contributed by atoms with Crippen LogP contribution in [0.25, 0.3) is 0 Å². The molecule has 1 amide bonds. The Bertz CT molecular complexity index is 1110. The summed E-state index contributed by atoms with van der Waals surface area (Å²) in [7, 11) is 0. The summed E-state index contributed by atoms with van der Waals surface area (Å²) in [5, 5.41) is 31.0. The minimum atomic E-state index is -4.75. The molecule has 0 aliphatic carbocycles. The number of benzene rings is 2. The van der Waals surface area contributed by atoms with Gasteiger partial charge in [-0.15, -0.1) is 0 Å². The molecule has 7 nitrogen and oxygen atoms in total. The number of carbonyl (C=O) groups excluding carboxylic acids is 1. The molecule has 1 fully saturated rings. The molecule has 2 aromatic rings. The van der Waals surface area contributed by atoms with Gasteiger partial charge in [-0.3, -0.25) is 9.69 Å². The lowest BCUT2D eigenvalue weighted by atomic mass is 10.0. The zero-order chi connectivity index (χ0) is 24.2. The number of β-amino-alcohol motifs (C(OH)–C–C–N with tert-alkyl or cyclic N) is 1. The Morgan fingerprint density at radius 3 is 2.39 bits per heavy atom. The average Bonchev–Trinajstić information content (AvgIpc) is 2.78. The normalized spacial score (nSPS) is 16.4. The highest BCUT2D eigenvalue weighted by molar-refractivity contribution is 5.97. The molecule has 0 spiro atoms. The van der Waals surface area contributed by atoms with Crippen molar-refractivity contribution in [2.45, 2.75) is 18.7 Å². The summed E-state index contributed by atoms with van der Waals surface area (Å²) >= 11 is 0. The number of nitrogens with one attached hydrogen (secondary N) is 1. The number of halogens is 3. The summed E-state index contributed by atoms with van der Waals surface area (Å²) in [5.74, 6) is -0.843. The predicted molar refractivity (Wildman–Crippen MR) is 115 cm³/mol. The largest absolute Gasteiger partial charge is 0.417 e. The summed E-state index contributed by atoms with van der Waals surface area (Å²) in [6.45, 7) is 3.64. The molecule has 0 bridgehead atoms. The Kier molecular flexibility index (Phi) is 6.92. The van der Waals surface area contributed by atoms with Crippen LogP contribution in [0.4, 0.5) is 24.5 Å². The Hall–Kier alpha value is -3.60. The van der Waals surface area contributed by atoms with Gasteiger partial charge in [0.15, 0.2) is 5.60 Å². The van der Waals surface area contributed by atoms with Crippen molar-refractivity contribution in [3.63, 3.8) is 0 Å². The second-order valence-corrected chi connectivity index (χ2v) is 8.02. The van der Waals surface area contributed by atoms with E-state index >= 15 is 0 Å². The van der Waals surface area contributed by atoms with Crippen LogP contribution in [0.15, 0.2) is 42.5 Å². The Labute approximate surface area is 189 Å². The molecular weight excluding hydrogens is 435 g/mol. The van der Waals surface area contributed by atoms with E-state index in [0.29, 0.717) is 37.8 Å². The van der Waals surface area contributed by atoms with Crippen molar-refractivity contribution in [3.8, 4) is 12.1 Å². The topological polar surface area (TPSA) is 103 Å². The van der Waals surface area contributed by atoms with Crippen LogP contribution in [0.5, 0.6) is 0 Å². The second-order valence-electron chi connectivity index (χ2n) is 8.02. The lowest BCUT2D eigenvalue weighted by Gasteiger charge is -2.38. The maximum atomic E-state index is 13.2. The fraction of sp³-hybridized carbons (Fsp3) is 0.348. The van der Waals surface area contributed by atoms with Crippen molar-refractivity contribution in [1.29, 1.82) is 10.5 Å². The smallest absolute Gasteiger partial charge is 0.379 e. The van der Waals surface area contributed by atoms with Crippen LogP contribution in [0.2, 0.25) is 0 Å². The molecule has 2 aromatic carbocycles. The molecule has 172 valence electrons. The van der Waals surface area contributed by atoms with Crippen LogP contribution in [0.1, 0.15) is 23.6 Å². The van der Waals surface area contributed by atoms with Gasteiger partial charge in [-0.1, -0.05) is 6.07 Å². The predicted octanol–water partition coefficient (Wildman–Crippen LogP) is 2.96. The van der Waals surface area contributed by atoms with Crippen molar-refractivity contribution in [2.24, 2.45) is 0 Å². The minimum absolute atomic E-state index is 0.00663. The average molecular weight is 457 g/mol. The van der Waals surface area contributed by atoms with Gasteiger partial charge in [0, 0.05) is 44.1 Å². The molecule has 0 aromatic heterocycles. The van der Waals surface area contributed by atoms with Crippen molar-refractivity contribution in [2.75, 3.05) is 42.9 Å². The van der Waals surface area contributed by atoms with Gasteiger partial charge in [0.1, 0.15) is 0 Å². The van der Waals surface area contributed by atoms with Gasteiger partial charge in [-0.05, 0) is 43.3 Å². The maximum absolute atomic E-state index is 13.2. The van der Waals surface area contributed by atoms with Crippen LogP contribution in [-0.2, 0) is 11.0 Å². The number of nitriles is 2.